The van der Waals surface area contributed by atoms with E-state index in [9.17, 15) is 4.79 Å². The van der Waals surface area contributed by atoms with Gasteiger partial charge in [-0.3, -0.25) is 9.69 Å². The summed E-state index contributed by atoms with van der Waals surface area (Å²) in [4.78, 5) is 14.3. The summed E-state index contributed by atoms with van der Waals surface area (Å²) < 4.78 is 4.93. The van der Waals surface area contributed by atoms with E-state index in [4.69, 9.17) is 4.52 Å². The first-order chi connectivity index (χ1) is 8.56. The number of amides is 1. The van der Waals surface area contributed by atoms with Gasteiger partial charge in [-0.15, -0.1) is 0 Å². The summed E-state index contributed by atoms with van der Waals surface area (Å²) in [5.41, 5.74) is 0. The van der Waals surface area contributed by atoms with E-state index >= 15 is 0 Å². The molecule has 2 rings (SSSR count). The molecule has 1 aliphatic heterocycles. The molecule has 0 radical (unpaired) electrons. The third kappa shape index (κ3) is 3.10. The predicted octanol–water partition coefficient (Wildman–Crippen LogP) is 2.04. The zero-order chi connectivity index (χ0) is 13.1. The highest BCUT2D eigenvalue weighted by Crippen LogP contribution is 2.18. The zero-order valence-electron chi connectivity index (χ0n) is 11.3. The summed E-state index contributed by atoms with van der Waals surface area (Å²) >= 11 is 0. The average molecular weight is 251 g/mol. The first kappa shape index (κ1) is 13.1. The molecule has 1 aromatic rings. The number of carbonyl (C=O) groups excluding carboxylic acids is 1. The Kier molecular flexibility index (Phi) is 4.01. The summed E-state index contributed by atoms with van der Waals surface area (Å²) in [6.07, 6.45) is 2.43. The highest BCUT2D eigenvalue weighted by molar-refractivity contribution is 5.93. The van der Waals surface area contributed by atoms with E-state index in [-0.39, 0.29) is 11.9 Å². The fourth-order valence-electron chi connectivity index (χ4n) is 2.40. The van der Waals surface area contributed by atoms with Crippen molar-refractivity contribution in [2.75, 3.05) is 18.4 Å². The number of aromatic nitrogens is 1. The Hall–Kier alpha value is -1.36. The molecule has 5 nitrogen and oxygen atoms in total. The molecule has 2 atom stereocenters. The van der Waals surface area contributed by atoms with Crippen LogP contribution in [0.25, 0.3) is 0 Å². The van der Waals surface area contributed by atoms with Gasteiger partial charge in [0, 0.05) is 12.6 Å². The van der Waals surface area contributed by atoms with Gasteiger partial charge in [-0.1, -0.05) is 12.1 Å². The van der Waals surface area contributed by atoms with E-state index in [1.807, 2.05) is 6.92 Å². The van der Waals surface area contributed by atoms with Gasteiger partial charge in [0.15, 0.2) is 5.82 Å². The van der Waals surface area contributed by atoms with Crippen LogP contribution < -0.4 is 5.32 Å². The predicted molar refractivity (Wildman–Crippen MR) is 69.3 cm³/mol. The number of piperidine rings is 1. The Labute approximate surface area is 108 Å². The van der Waals surface area contributed by atoms with Crippen LogP contribution in [0.3, 0.4) is 0 Å². The molecule has 0 aliphatic carbocycles. The molecule has 5 heteroatoms. The molecule has 1 saturated heterocycles. The van der Waals surface area contributed by atoms with Crippen LogP contribution in [0.2, 0.25) is 0 Å². The van der Waals surface area contributed by atoms with E-state index in [1.54, 1.807) is 13.0 Å². The Morgan fingerprint density at radius 3 is 3.06 bits per heavy atom. The van der Waals surface area contributed by atoms with Crippen LogP contribution in [-0.4, -0.2) is 35.1 Å². The lowest BCUT2D eigenvalue weighted by atomic mass is 9.99. The van der Waals surface area contributed by atoms with Crippen molar-refractivity contribution in [1.82, 2.24) is 10.1 Å². The van der Waals surface area contributed by atoms with Gasteiger partial charge in [0.2, 0.25) is 5.91 Å². The molecule has 100 valence electrons. The van der Waals surface area contributed by atoms with Crippen LogP contribution in [-0.2, 0) is 4.79 Å². The summed E-state index contributed by atoms with van der Waals surface area (Å²) in [7, 11) is 0. The first-order valence-electron chi connectivity index (χ1n) is 6.54. The Balaban J connectivity index is 1.91. The van der Waals surface area contributed by atoms with Crippen molar-refractivity contribution in [2.24, 2.45) is 5.92 Å². The van der Waals surface area contributed by atoms with Crippen LogP contribution in [0.5, 0.6) is 0 Å². The molecule has 1 fully saturated rings. The third-order valence-corrected chi connectivity index (χ3v) is 3.49. The minimum atomic E-state index is -0.121. The van der Waals surface area contributed by atoms with Crippen molar-refractivity contribution in [3.8, 4) is 0 Å². The normalized spacial score (nSPS) is 22.7. The van der Waals surface area contributed by atoms with Crippen molar-refractivity contribution in [3.63, 3.8) is 0 Å². The summed E-state index contributed by atoms with van der Waals surface area (Å²) in [5.74, 6) is 1.85. The van der Waals surface area contributed by atoms with E-state index in [2.05, 4.69) is 22.3 Å². The number of nitrogens with zero attached hydrogens (tertiary/aromatic N) is 2. The number of anilines is 1. The van der Waals surface area contributed by atoms with Gasteiger partial charge in [-0.25, -0.2) is 0 Å². The smallest absolute Gasteiger partial charge is 0.242 e. The molecular weight excluding hydrogens is 230 g/mol. The largest absolute Gasteiger partial charge is 0.360 e. The second kappa shape index (κ2) is 5.52. The molecule has 0 saturated carbocycles. The van der Waals surface area contributed by atoms with Crippen molar-refractivity contribution in [2.45, 2.75) is 39.7 Å². The Bertz CT molecular complexity index is 416. The van der Waals surface area contributed by atoms with Gasteiger partial charge >= 0.3 is 0 Å². The molecule has 1 aliphatic rings. The number of nitrogens with one attached hydrogen (secondary N) is 1. The van der Waals surface area contributed by atoms with Crippen LogP contribution >= 0.6 is 0 Å². The minimum Gasteiger partial charge on any atom is -0.360 e. The maximum atomic E-state index is 12.1. The summed E-state index contributed by atoms with van der Waals surface area (Å²) in [6.45, 7) is 7.97. The lowest BCUT2D eigenvalue weighted by Crippen LogP contribution is -2.46. The molecule has 0 spiro atoms. The highest BCUT2D eigenvalue weighted by atomic mass is 16.5. The zero-order valence-corrected chi connectivity index (χ0v) is 11.3. The maximum absolute atomic E-state index is 12.1. The second-order valence-corrected chi connectivity index (χ2v) is 5.23. The van der Waals surface area contributed by atoms with Crippen LogP contribution in [0.4, 0.5) is 5.82 Å². The molecular formula is C13H21N3O2. The quantitative estimate of drug-likeness (QED) is 0.893. The molecule has 1 N–H and O–H groups in total. The number of likely N-dealkylation sites (tertiary alicyclic amines) is 1. The molecule has 1 amide bonds. The molecule has 2 heterocycles. The van der Waals surface area contributed by atoms with Crippen LogP contribution in [0.15, 0.2) is 10.6 Å². The van der Waals surface area contributed by atoms with Gasteiger partial charge in [-0.2, -0.15) is 0 Å². The molecule has 0 aromatic carbocycles. The summed E-state index contributed by atoms with van der Waals surface area (Å²) in [5, 5.41) is 6.56. The van der Waals surface area contributed by atoms with Crippen LogP contribution in [0.1, 0.15) is 32.4 Å². The fourth-order valence-corrected chi connectivity index (χ4v) is 2.40. The van der Waals surface area contributed by atoms with Crippen LogP contribution in [0, 0.1) is 12.8 Å². The second-order valence-electron chi connectivity index (χ2n) is 5.23. The Morgan fingerprint density at radius 1 is 1.67 bits per heavy atom. The monoisotopic (exact) mass is 251 g/mol. The number of rotatable bonds is 3. The van der Waals surface area contributed by atoms with Gasteiger partial charge in [0.1, 0.15) is 5.76 Å². The van der Waals surface area contributed by atoms with Crippen molar-refractivity contribution >= 4 is 11.7 Å². The lowest BCUT2D eigenvalue weighted by Gasteiger charge is -2.34. The molecule has 2 unspecified atom stereocenters. The number of carbonyl (C=O) groups is 1. The van der Waals surface area contributed by atoms with Crippen molar-refractivity contribution < 1.29 is 9.32 Å². The molecule has 1 aromatic heterocycles. The van der Waals surface area contributed by atoms with Gasteiger partial charge in [0.05, 0.1) is 6.04 Å². The standard InChI is InChI=1S/C13H21N3O2/c1-9-5-4-6-16(8-9)11(3)13(17)14-12-7-10(2)18-15-12/h7,9,11H,4-6,8H2,1-3H3,(H,14,15,17). The van der Waals surface area contributed by atoms with Crippen molar-refractivity contribution in [3.05, 3.63) is 11.8 Å². The van der Waals surface area contributed by atoms with E-state index < -0.39 is 0 Å². The average Bonchev–Trinajstić information content (AvgIpc) is 2.73. The van der Waals surface area contributed by atoms with Gasteiger partial charge in [-0.05, 0) is 39.2 Å². The van der Waals surface area contributed by atoms with E-state index in [1.165, 1.54) is 12.8 Å². The molecule has 0 bridgehead atoms. The minimum absolute atomic E-state index is 0.0163. The number of aryl methyl sites for hydroxylation is 1. The maximum Gasteiger partial charge on any atom is 0.242 e. The lowest BCUT2D eigenvalue weighted by molar-refractivity contribution is -0.121. The van der Waals surface area contributed by atoms with Gasteiger partial charge in [0.25, 0.3) is 0 Å². The number of hydrogen-bond donors (Lipinski definition) is 1. The van der Waals surface area contributed by atoms with Gasteiger partial charge < -0.3 is 9.84 Å². The Morgan fingerprint density at radius 2 is 2.44 bits per heavy atom. The fraction of sp³-hybridized carbons (Fsp3) is 0.692. The first-order valence-corrected chi connectivity index (χ1v) is 6.54. The van der Waals surface area contributed by atoms with E-state index in [0.717, 1.165) is 13.1 Å². The van der Waals surface area contributed by atoms with E-state index in [0.29, 0.717) is 17.5 Å². The van der Waals surface area contributed by atoms with Crippen molar-refractivity contribution in [1.29, 1.82) is 0 Å². The molecule has 18 heavy (non-hydrogen) atoms. The number of hydrogen-bond acceptors (Lipinski definition) is 4. The summed E-state index contributed by atoms with van der Waals surface area (Å²) in [6, 6.07) is 1.61. The topological polar surface area (TPSA) is 58.4 Å². The highest BCUT2D eigenvalue weighted by Gasteiger charge is 2.25. The third-order valence-electron chi connectivity index (χ3n) is 3.49. The SMILES string of the molecule is Cc1cc(NC(=O)C(C)N2CCCC(C)C2)no1.